The Kier molecular flexibility index (Phi) is 6.40. The summed E-state index contributed by atoms with van der Waals surface area (Å²) in [6.07, 6.45) is 0. The topological polar surface area (TPSA) is 93.4 Å². The summed E-state index contributed by atoms with van der Waals surface area (Å²) in [4.78, 5) is 25.6. The van der Waals surface area contributed by atoms with E-state index in [0.717, 1.165) is 0 Å². The van der Waals surface area contributed by atoms with Crippen molar-refractivity contribution in [3.8, 4) is 39.9 Å². The fourth-order valence-corrected chi connectivity index (χ4v) is 3.57. The Labute approximate surface area is 195 Å². The van der Waals surface area contributed by atoms with Crippen molar-refractivity contribution in [1.82, 2.24) is 0 Å². The average Bonchev–Trinajstić information content (AvgIpc) is 2.87. The fraction of sp³-hybridized carbons (Fsp3) is 0.154. The average molecular weight is 462 g/mol. The van der Waals surface area contributed by atoms with E-state index in [0.29, 0.717) is 39.5 Å². The van der Waals surface area contributed by atoms with Gasteiger partial charge in [-0.25, -0.2) is 9.59 Å². The van der Waals surface area contributed by atoms with Crippen LogP contribution in [-0.2, 0) is 0 Å². The van der Waals surface area contributed by atoms with Gasteiger partial charge in [0.05, 0.1) is 34.0 Å². The molecule has 0 saturated heterocycles. The molecule has 0 bridgehead atoms. The van der Waals surface area contributed by atoms with E-state index < -0.39 is 11.6 Å². The number of methoxy groups -OCH3 is 4. The molecule has 0 fully saturated rings. The lowest BCUT2D eigenvalue weighted by atomic mass is 10.1. The SMILES string of the molecule is COc1ccc(-c2cc3ccc(OC(=O)c4c(OC)cccc4OC)cc3oc2=O)cc1OC. The van der Waals surface area contributed by atoms with Gasteiger partial charge in [0.2, 0.25) is 0 Å². The minimum absolute atomic E-state index is 0.151. The second-order valence-corrected chi connectivity index (χ2v) is 7.14. The van der Waals surface area contributed by atoms with E-state index in [9.17, 15) is 9.59 Å². The first-order chi connectivity index (χ1) is 16.5. The molecule has 1 heterocycles. The van der Waals surface area contributed by atoms with Crippen LogP contribution in [0.2, 0.25) is 0 Å². The normalized spacial score (nSPS) is 10.6. The lowest BCUT2D eigenvalue weighted by molar-refractivity contribution is 0.0727. The molecule has 0 aliphatic carbocycles. The number of carbonyl (C=O) groups excluding carboxylic acids is 1. The summed E-state index contributed by atoms with van der Waals surface area (Å²) in [5, 5.41) is 0.652. The van der Waals surface area contributed by atoms with Crippen LogP contribution in [0.5, 0.6) is 28.7 Å². The lowest BCUT2D eigenvalue weighted by Gasteiger charge is -2.12. The molecule has 8 nitrogen and oxygen atoms in total. The van der Waals surface area contributed by atoms with Crippen LogP contribution in [0, 0.1) is 0 Å². The second-order valence-electron chi connectivity index (χ2n) is 7.14. The van der Waals surface area contributed by atoms with E-state index in [-0.39, 0.29) is 16.9 Å². The Hall–Kier alpha value is -4.46. The first-order valence-electron chi connectivity index (χ1n) is 10.2. The van der Waals surface area contributed by atoms with E-state index in [4.69, 9.17) is 28.1 Å². The molecule has 0 aliphatic heterocycles. The molecule has 3 aromatic carbocycles. The number of carbonyl (C=O) groups is 1. The second kappa shape index (κ2) is 9.58. The van der Waals surface area contributed by atoms with Gasteiger partial charge >= 0.3 is 11.6 Å². The van der Waals surface area contributed by atoms with Gasteiger partial charge in [-0.2, -0.15) is 0 Å². The van der Waals surface area contributed by atoms with Crippen molar-refractivity contribution in [1.29, 1.82) is 0 Å². The maximum Gasteiger partial charge on any atom is 0.351 e. The third kappa shape index (κ3) is 4.25. The zero-order valence-corrected chi connectivity index (χ0v) is 19.0. The summed E-state index contributed by atoms with van der Waals surface area (Å²) >= 11 is 0. The zero-order valence-electron chi connectivity index (χ0n) is 19.0. The number of hydrogen-bond donors (Lipinski definition) is 0. The quantitative estimate of drug-likeness (QED) is 0.221. The molecule has 0 radical (unpaired) electrons. The zero-order chi connectivity index (χ0) is 24.2. The van der Waals surface area contributed by atoms with E-state index in [1.54, 1.807) is 54.6 Å². The summed E-state index contributed by atoms with van der Waals surface area (Å²) in [6.45, 7) is 0. The molecule has 4 rings (SSSR count). The van der Waals surface area contributed by atoms with Gasteiger partial charge in [0.25, 0.3) is 0 Å². The number of rotatable bonds is 7. The van der Waals surface area contributed by atoms with Crippen molar-refractivity contribution in [2.75, 3.05) is 28.4 Å². The van der Waals surface area contributed by atoms with Gasteiger partial charge in [0.15, 0.2) is 11.5 Å². The number of esters is 1. The molecule has 0 amide bonds. The minimum Gasteiger partial charge on any atom is -0.496 e. The monoisotopic (exact) mass is 462 g/mol. The highest BCUT2D eigenvalue weighted by Crippen LogP contribution is 2.33. The van der Waals surface area contributed by atoms with Crippen LogP contribution >= 0.6 is 0 Å². The summed E-state index contributed by atoms with van der Waals surface area (Å²) in [5.41, 5.74) is 0.850. The highest BCUT2D eigenvalue weighted by atomic mass is 16.5. The van der Waals surface area contributed by atoms with Crippen LogP contribution < -0.4 is 29.3 Å². The number of benzene rings is 3. The Morgan fingerprint density at radius 2 is 1.41 bits per heavy atom. The summed E-state index contributed by atoms with van der Waals surface area (Å²) in [5.74, 6) is 1.21. The van der Waals surface area contributed by atoms with Crippen LogP contribution in [0.4, 0.5) is 0 Å². The van der Waals surface area contributed by atoms with Gasteiger partial charge in [0.1, 0.15) is 28.4 Å². The van der Waals surface area contributed by atoms with Gasteiger partial charge in [-0.3, -0.25) is 0 Å². The van der Waals surface area contributed by atoms with Crippen molar-refractivity contribution >= 4 is 16.9 Å². The van der Waals surface area contributed by atoms with Gasteiger partial charge in [-0.1, -0.05) is 12.1 Å². The van der Waals surface area contributed by atoms with Crippen molar-refractivity contribution < 1.29 is 32.9 Å². The Bertz CT molecular complexity index is 1400. The van der Waals surface area contributed by atoms with Crippen LogP contribution in [0.25, 0.3) is 22.1 Å². The number of hydrogen-bond acceptors (Lipinski definition) is 8. The largest absolute Gasteiger partial charge is 0.496 e. The fourth-order valence-electron chi connectivity index (χ4n) is 3.57. The highest BCUT2D eigenvalue weighted by Gasteiger charge is 2.21. The summed E-state index contributed by atoms with van der Waals surface area (Å²) < 4.78 is 32.1. The van der Waals surface area contributed by atoms with Crippen LogP contribution in [0.15, 0.2) is 69.9 Å². The van der Waals surface area contributed by atoms with Gasteiger partial charge in [0, 0.05) is 11.5 Å². The first-order valence-corrected chi connectivity index (χ1v) is 10.2. The van der Waals surface area contributed by atoms with Gasteiger partial charge in [-0.15, -0.1) is 0 Å². The molecule has 174 valence electrons. The van der Waals surface area contributed by atoms with Crippen LogP contribution in [0.1, 0.15) is 10.4 Å². The van der Waals surface area contributed by atoms with E-state index in [2.05, 4.69) is 0 Å². The molecule has 0 spiro atoms. The molecular formula is C26H22O8. The first kappa shape index (κ1) is 22.7. The van der Waals surface area contributed by atoms with E-state index in [1.807, 2.05) is 0 Å². The predicted molar refractivity (Wildman–Crippen MR) is 126 cm³/mol. The molecule has 1 aromatic heterocycles. The molecule has 34 heavy (non-hydrogen) atoms. The smallest absolute Gasteiger partial charge is 0.351 e. The standard InChI is InChI=1S/C26H22O8/c1-29-19-11-9-15(13-23(19)32-4)18-12-16-8-10-17(14-22(16)34-25(18)27)33-26(28)24-20(30-2)6-5-7-21(24)31-3/h5-14H,1-4H3. The van der Waals surface area contributed by atoms with Crippen molar-refractivity contribution in [2.24, 2.45) is 0 Å². The Morgan fingerprint density at radius 3 is 2.06 bits per heavy atom. The molecule has 0 aliphatic rings. The highest BCUT2D eigenvalue weighted by molar-refractivity contribution is 5.97. The molecule has 8 heteroatoms. The Balaban J connectivity index is 1.68. The lowest BCUT2D eigenvalue weighted by Crippen LogP contribution is -2.12. The molecular weight excluding hydrogens is 440 g/mol. The van der Waals surface area contributed by atoms with E-state index in [1.165, 1.54) is 34.5 Å². The summed E-state index contributed by atoms with van der Waals surface area (Å²) in [7, 11) is 5.96. The molecule has 0 atom stereocenters. The van der Waals surface area contributed by atoms with Gasteiger partial charge in [-0.05, 0) is 48.0 Å². The molecule has 0 saturated carbocycles. The number of fused-ring (bicyclic) bond motifs is 1. The maximum atomic E-state index is 12.8. The minimum atomic E-state index is -0.669. The van der Waals surface area contributed by atoms with Crippen molar-refractivity contribution in [2.45, 2.75) is 0 Å². The summed E-state index contributed by atoms with van der Waals surface area (Å²) in [6, 6.07) is 16.6. The maximum absolute atomic E-state index is 12.8. The molecule has 4 aromatic rings. The molecule has 0 unspecified atom stereocenters. The van der Waals surface area contributed by atoms with Crippen molar-refractivity contribution in [3.63, 3.8) is 0 Å². The van der Waals surface area contributed by atoms with Crippen LogP contribution in [-0.4, -0.2) is 34.4 Å². The van der Waals surface area contributed by atoms with Crippen molar-refractivity contribution in [3.05, 3.63) is 76.6 Å². The number of ether oxygens (including phenoxy) is 5. The van der Waals surface area contributed by atoms with E-state index >= 15 is 0 Å². The van der Waals surface area contributed by atoms with Gasteiger partial charge < -0.3 is 28.1 Å². The van der Waals surface area contributed by atoms with Crippen LogP contribution in [0.3, 0.4) is 0 Å². The third-order valence-electron chi connectivity index (χ3n) is 5.24. The Morgan fingerprint density at radius 1 is 0.735 bits per heavy atom. The molecule has 0 N–H and O–H groups in total. The predicted octanol–water partition coefficient (Wildman–Crippen LogP) is 4.71. The third-order valence-corrected chi connectivity index (χ3v) is 5.24.